The van der Waals surface area contributed by atoms with Crippen LogP contribution in [0.2, 0.25) is 5.02 Å². The Morgan fingerprint density at radius 1 is 1.21 bits per heavy atom. The third-order valence-corrected chi connectivity index (χ3v) is 6.11. The fraction of sp³-hybridized carbons (Fsp3) is 0.545. The number of methoxy groups -OCH3 is 2. The number of aromatic nitrogens is 1. The number of halogens is 1. The van der Waals surface area contributed by atoms with Crippen molar-refractivity contribution >= 4 is 28.5 Å². The topological polar surface area (TPSA) is 69.7 Å². The quantitative estimate of drug-likeness (QED) is 0.646. The summed E-state index contributed by atoms with van der Waals surface area (Å²) in [7, 11) is 3.22. The molecular weight excluding hydrogens is 392 g/mol. The van der Waals surface area contributed by atoms with Crippen LogP contribution in [0.15, 0.2) is 18.3 Å². The minimum atomic E-state index is -0.405. The monoisotopic (exact) mass is 420 g/mol. The highest BCUT2D eigenvalue weighted by molar-refractivity contribution is 6.32. The highest BCUT2D eigenvalue weighted by Crippen LogP contribution is 2.38. The summed E-state index contributed by atoms with van der Waals surface area (Å²) in [4.78, 5) is 17.1. The van der Waals surface area contributed by atoms with Crippen LogP contribution in [0.25, 0.3) is 10.9 Å². The van der Waals surface area contributed by atoms with Gasteiger partial charge in [-0.3, -0.25) is 9.78 Å². The van der Waals surface area contributed by atoms with Crippen molar-refractivity contribution in [3.8, 4) is 11.5 Å². The van der Waals surface area contributed by atoms with Crippen LogP contribution < -0.4 is 14.8 Å². The summed E-state index contributed by atoms with van der Waals surface area (Å²) >= 11 is 6.50. The van der Waals surface area contributed by atoms with Crippen molar-refractivity contribution in [3.63, 3.8) is 0 Å². The molecule has 1 aliphatic heterocycles. The lowest BCUT2D eigenvalue weighted by Crippen LogP contribution is -2.43. The van der Waals surface area contributed by atoms with Gasteiger partial charge in [0.15, 0.2) is 11.5 Å². The summed E-state index contributed by atoms with van der Waals surface area (Å²) in [6.07, 6.45) is 5.66. The predicted molar refractivity (Wildman–Crippen MR) is 114 cm³/mol. The summed E-state index contributed by atoms with van der Waals surface area (Å²) < 4.78 is 16.2. The maximum atomic E-state index is 12.7. The molecule has 1 saturated heterocycles. The van der Waals surface area contributed by atoms with E-state index in [9.17, 15) is 4.79 Å². The van der Waals surface area contributed by atoms with E-state index < -0.39 is 5.41 Å². The van der Waals surface area contributed by atoms with Crippen LogP contribution >= 0.6 is 11.6 Å². The van der Waals surface area contributed by atoms with Crippen LogP contribution in [0.3, 0.4) is 0 Å². The molecule has 3 rings (SSSR count). The van der Waals surface area contributed by atoms with Crippen LogP contribution in [0.1, 0.15) is 38.2 Å². The number of nitrogens with one attached hydrogen (secondary N) is 1. The Kier molecular flexibility index (Phi) is 7.19. The van der Waals surface area contributed by atoms with E-state index in [-0.39, 0.29) is 5.97 Å². The molecule has 1 aliphatic rings. The average Bonchev–Trinajstić information content (AvgIpc) is 2.75. The molecule has 1 N–H and O–H groups in total. The van der Waals surface area contributed by atoms with Gasteiger partial charge in [0.25, 0.3) is 0 Å². The van der Waals surface area contributed by atoms with Gasteiger partial charge in [0.05, 0.1) is 36.8 Å². The van der Waals surface area contributed by atoms with E-state index in [1.807, 2.05) is 19.1 Å². The fourth-order valence-corrected chi connectivity index (χ4v) is 4.40. The van der Waals surface area contributed by atoms with Gasteiger partial charge in [-0.2, -0.15) is 0 Å². The van der Waals surface area contributed by atoms with E-state index in [0.717, 1.165) is 61.7 Å². The first kappa shape index (κ1) is 21.7. The van der Waals surface area contributed by atoms with Crippen LogP contribution in [-0.4, -0.2) is 44.9 Å². The molecule has 2 aromatic rings. The molecule has 1 aromatic carbocycles. The Hall–Kier alpha value is -2.05. The minimum Gasteiger partial charge on any atom is -0.493 e. The number of benzene rings is 1. The molecule has 1 fully saturated rings. The zero-order chi connectivity index (χ0) is 20.9. The molecule has 29 heavy (non-hydrogen) atoms. The molecule has 7 heteroatoms. The second kappa shape index (κ2) is 9.63. The van der Waals surface area contributed by atoms with Gasteiger partial charge < -0.3 is 19.5 Å². The number of carbonyl (C=O) groups is 1. The Balaban J connectivity index is 1.83. The molecule has 0 amide bonds. The van der Waals surface area contributed by atoms with Crippen LogP contribution in [-0.2, 0) is 16.0 Å². The lowest BCUT2D eigenvalue weighted by atomic mass is 9.74. The van der Waals surface area contributed by atoms with E-state index in [4.69, 9.17) is 25.8 Å². The van der Waals surface area contributed by atoms with E-state index >= 15 is 0 Å². The smallest absolute Gasteiger partial charge is 0.312 e. The van der Waals surface area contributed by atoms with Gasteiger partial charge >= 0.3 is 5.97 Å². The summed E-state index contributed by atoms with van der Waals surface area (Å²) in [6.45, 7) is 3.96. The van der Waals surface area contributed by atoms with Gasteiger partial charge in [-0.15, -0.1) is 0 Å². The third-order valence-electron chi connectivity index (χ3n) is 5.78. The first-order valence-corrected chi connectivity index (χ1v) is 10.5. The minimum absolute atomic E-state index is 0.0708. The maximum absolute atomic E-state index is 12.7. The van der Waals surface area contributed by atoms with Gasteiger partial charge in [0, 0.05) is 17.6 Å². The Morgan fingerprint density at radius 3 is 2.55 bits per heavy atom. The summed E-state index contributed by atoms with van der Waals surface area (Å²) in [5.74, 6) is 1.21. The predicted octanol–water partition coefficient (Wildman–Crippen LogP) is 4.16. The molecule has 2 heterocycles. The van der Waals surface area contributed by atoms with E-state index in [1.54, 1.807) is 20.4 Å². The number of rotatable bonds is 8. The second-order valence-corrected chi connectivity index (χ2v) is 7.82. The first-order valence-electron chi connectivity index (χ1n) is 10.1. The standard InChI is InChI=1S/C22H29ClN2O4/c1-4-29-21(26)22(8-10-24-11-9-22)7-5-6-15-16-12-19(27-2)20(28-3)13-18(16)25-14-17(15)23/h12-14,24H,4-11H2,1-3H3. The summed E-state index contributed by atoms with van der Waals surface area (Å²) in [5.41, 5.74) is 1.42. The molecule has 0 spiro atoms. The highest BCUT2D eigenvalue weighted by Gasteiger charge is 2.40. The summed E-state index contributed by atoms with van der Waals surface area (Å²) in [5, 5.41) is 4.91. The normalized spacial score (nSPS) is 15.9. The average molecular weight is 421 g/mol. The van der Waals surface area contributed by atoms with Crippen LogP contribution in [0, 0.1) is 5.41 Å². The van der Waals surface area contributed by atoms with Gasteiger partial charge in [-0.1, -0.05) is 11.6 Å². The lowest BCUT2D eigenvalue weighted by Gasteiger charge is -2.35. The number of aryl methyl sites for hydroxylation is 1. The number of carbonyl (C=O) groups excluding carboxylic acids is 1. The van der Waals surface area contributed by atoms with Crippen molar-refractivity contribution in [2.24, 2.45) is 5.41 Å². The lowest BCUT2D eigenvalue weighted by molar-refractivity contribution is -0.157. The SMILES string of the molecule is CCOC(=O)C1(CCCc2c(Cl)cnc3cc(OC)c(OC)cc23)CCNCC1. The molecule has 1 aromatic heterocycles. The maximum Gasteiger partial charge on any atom is 0.312 e. The largest absolute Gasteiger partial charge is 0.493 e. The van der Waals surface area contributed by atoms with Gasteiger partial charge in [-0.25, -0.2) is 0 Å². The number of nitrogens with zero attached hydrogens (tertiary/aromatic N) is 1. The number of pyridine rings is 1. The molecule has 0 saturated carbocycles. The van der Waals surface area contributed by atoms with E-state index in [0.29, 0.717) is 23.1 Å². The van der Waals surface area contributed by atoms with Gasteiger partial charge in [0.2, 0.25) is 0 Å². The molecule has 0 atom stereocenters. The number of fused-ring (bicyclic) bond motifs is 1. The van der Waals surface area contributed by atoms with Gasteiger partial charge in [0.1, 0.15) is 0 Å². The van der Waals surface area contributed by atoms with Crippen LogP contribution in [0.4, 0.5) is 0 Å². The molecule has 0 unspecified atom stereocenters. The van der Waals surface area contributed by atoms with Gasteiger partial charge in [-0.05, 0) is 63.7 Å². The third kappa shape index (κ3) is 4.59. The molecule has 0 aliphatic carbocycles. The fourth-order valence-electron chi connectivity index (χ4n) is 4.15. The zero-order valence-electron chi connectivity index (χ0n) is 17.3. The molecule has 0 bridgehead atoms. The number of hydrogen-bond donors (Lipinski definition) is 1. The number of hydrogen-bond acceptors (Lipinski definition) is 6. The molecule has 6 nitrogen and oxygen atoms in total. The van der Waals surface area contributed by atoms with Crippen molar-refractivity contribution in [3.05, 3.63) is 28.9 Å². The van der Waals surface area contributed by atoms with Crippen molar-refractivity contribution in [1.82, 2.24) is 10.3 Å². The van der Waals surface area contributed by atoms with Crippen molar-refractivity contribution in [2.45, 2.75) is 39.0 Å². The van der Waals surface area contributed by atoms with E-state index in [1.165, 1.54) is 0 Å². The molecular formula is C22H29ClN2O4. The van der Waals surface area contributed by atoms with Crippen molar-refractivity contribution < 1.29 is 19.0 Å². The van der Waals surface area contributed by atoms with E-state index in [2.05, 4.69) is 10.3 Å². The van der Waals surface area contributed by atoms with Crippen molar-refractivity contribution in [1.29, 1.82) is 0 Å². The first-order chi connectivity index (χ1) is 14.0. The highest BCUT2D eigenvalue weighted by atomic mass is 35.5. The number of piperidine rings is 1. The Bertz CT molecular complexity index is 866. The molecule has 158 valence electrons. The summed E-state index contributed by atoms with van der Waals surface area (Å²) in [6, 6.07) is 3.79. The Labute approximate surface area is 176 Å². The number of ether oxygens (including phenoxy) is 3. The zero-order valence-corrected chi connectivity index (χ0v) is 18.1. The number of esters is 1. The second-order valence-electron chi connectivity index (χ2n) is 7.41. The van der Waals surface area contributed by atoms with Crippen LogP contribution in [0.5, 0.6) is 11.5 Å². The Morgan fingerprint density at radius 2 is 1.90 bits per heavy atom. The van der Waals surface area contributed by atoms with Crippen molar-refractivity contribution in [2.75, 3.05) is 33.9 Å². The molecule has 0 radical (unpaired) electrons.